The van der Waals surface area contributed by atoms with Gasteiger partial charge in [0.25, 0.3) is 17.7 Å². The molecule has 0 bridgehead atoms. The molecule has 37 heteroatoms. The molecule has 4 aliphatic heterocycles. The number of hydrogen-bond acceptors (Lipinski definition) is 28. The number of hydrogen-bond donors (Lipinski definition) is 19. The van der Waals surface area contributed by atoms with Gasteiger partial charge in [0.1, 0.15) is 6.61 Å². The summed E-state index contributed by atoms with van der Waals surface area (Å²) in [6, 6.07) is 2.36. The summed E-state index contributed by atoms with van der Waals surface area (Å²) in [4.78, 5) is 128. The molecule has 3 aromatic heterocycles. The predicted molar refractivity (Wildman–Crippen MR) is 291 cm³/mol. The molecule has 4 aliphatic rings. The van der Waals surface area contributed by atoms with E-state index in [1.165, 1.54) is 49.3 Å². The fourth-order valence-electron chi connectivity index (χ4n) is 7.13. The molecule has 0 aliphatic carbocycles. The van der Waals surface area contributed by atoms with Crippen LogP contribution in [0, 0.1) is 0 Å². The van der Waals surface area contributed by atoms with Gasteiger partial charge in [-0.3, -0.25) is 73.1 Å². The zero-order valence-electron chi connectivity index (χ0n) is 45.6. The number of esters is 1. The molecule has 3 unspecified atom stereocenters. The summed E-state index contributed by atoms with van der Waals surface area (Å²) in [6.07, 6.45) is 6.16. The number of carbonyl (C=O) groups excluding carboxylic acids is 7. The number of aliphatic carboxylic acids is 2. The number of aromatic nitrogens is 3. The van der Waals surface area contributed by atoms with E-state index < -0.39 is 117 Å². The summed E-state index contributed by atoms with van der Waals surface area (Å²) in [7, 11) is 0. The van der Waals surface area contributed by atoms with Crippen molar-refractivity contribution in [3.63, 3.8) is 0 Å². The van der Waals surface area contributed by atoms with E-state index in [0.29, 0.717) is 54.6 Å². The fourth-order valence-corrected chi connectivity index (χ4v) is 7.13. The number of aliphatic hydroxyl groups is 5. The van der Waals surface area contributed by atoms with Gasteiger partial charge >= 0.3 is 47.5 Å². The molecule has 7 rings (SSSR count). The van der Waals surface area contributed by atoms with Crippen LogP contribution in [0.1, 0.15) is 50.3 Å². The van der Waals surface area contributed by atoms with Crippen LogP contribution < -0.4 is 93.4 Å². The average Bonchev–Trinajstić information content (AvgIpc) is 4.03. The Morgan fingerprint density at radius 3 is 1.18 bits per heavy atom. The Hall–Kier alpha value is -8.75. The maximum atomic E-state index is 12.2. The number of pyridine rings is 3. The van der Waals surface area contributed by atoms with Gasteiger partial charge in [0, 0.05) is 38.2 Å². The molecule has 456 valence electrons. The van der Waals surface area contributed by atoms with Crippen molar-refractivity contribution in [2.45, 2.75) is 55.7 Å². The van der Waals surface area contributed by atoms with Gasteiger partial charge in [-0.1, -0.05) is 0 Å². The van der Waals surface area contributed by atoms with Crippen LogP contribution in [0.25, 0.3) is 0 Å². The number of carboxylic acid groups (broad SMARTS) is 2. The van der Waals surface area contributed by atoms with Crippen molar-refractivity contribution in [2.75, 3.05) is 94.7 Å². The van der Waals surface area contributed by atoms with Gasteiger partial charge in [0.05, 0.1) is 161 Å². The Morgan fingerprint density at radius 1 is 0.553 bits per heavy atom. The molecule has 0 aromatic carbocycles. The fraction of sp³-hybridized carbons (Fsp3) is 0.438. The first-order valence-electron chi connectivity index (χ1n) is 25.3. The van der Waals surface area contributed by atoms with E-state index in [1.54, 1.807) is 6.07 Å². The van der Waals surface area contributed by atoms with Crippen LogP contribution in [-0.2, 0) is 33.5 Å². The minimum absolute atomic E-state index is 0. The molecule has 3 aromatic rings. The number of β-amino-alcohol motifs (C(OH)–C–C–N with tert-alkyl or cyclic N) is 3. The van der Waals surface area contributed by atoms with Crippen molar-refractivity contribution in [1.29, 1.82) is 0 Å². The van der Waals surface area contributed by atoms with Crippen LogP contribution in [0.2, 0.25) is 0 Å². The van der Waals surface area contributed by atoms with Crippen LogP contribution in [0.3, 0.4) is 0 Å². The number of aliphatic hydroxyl groups excluding tert-OH is 5. The number of ether oxygens (including phenoxy) is 1. The summed E-state index contributed by atoms with van der Waals surface area (Å²) in [5, 5.41) is 95.7. The standard InChI is InChI=1S/2C16H22N6O6.C16H20N6O5.Na.H2O/c2*23-8-11(2-14(26)27)21-13(25)7-18-15(28)9-1-10(4-17-3-9)22-16-19-5-12(24)6-20-16;23-12-5-19-16(20-6-12)22-10-1-9(3-17-4-10)15(26)18-7-13(24)21-11-2-14(25)27-8-11;;/h2*1,3-4,11-12,23-24H,2,5-8H2,(H,18,28)(H,21,25)(H,26,27)(H2,19,20,22);1,3-4,11-12,23H,2,5-8H2,(H,18,26)(H,21,24)(H2,19,20,22);;1H2/q;;;+1;/p-1/t3*11-;;/m000../s1. The molecule has 1 saturated heterocycles. The van der Waals surface area contributed by atoms with E-state index in [9.17, 15) is 58.5 Å². The first-order chi connectivity index (χ1) is 39.7. The van der Waals surface area contributed by atoms with E-state index in [4.69, 9.17) is 25.2 Å². The second kappa shape index (κ2) is 36.7. The normalized spacial score (nSPS) is 18.0. The second-order valence-electron chi connectivity index (χ2n) is 18.2. The van der Waals surface area contributed by atoms with Crippen molar-refractivity contribution in [3.05, 3.63) is 72.1 Å². The molecular formula is C48H65N18NaO18. The van der Waals surface area contributed by atoms with Crippen molar-refractivity contribution < 1.29 is 119 Å². The SMILES string of the molecule is O=C(CNC(=O)c1cncc(NC2=NCC(O)CN2)c1)N[C@@H]1COC(=O)C1.O=C(O)C[C@@H](CO)NC(=O)CNC(=O)c1cncc(NC2=NCC(O)CN2)c1.O=C(O)C[C@@H](CO)NC(=O)CNC(=O)c1cncc(NC2=NCC(O)CN2)c1.[Na+].[OH-]. The van der Waals surface area contributed by atoms with E-state index in [0.717, 1.165) is 0 Å². The molecule has 36 nitrogen and oxygen atoms in total. The molecular weight excluding hydrogens is 1140 g/mol. The number of aliphatic imine (C=N–C) groups is 3. The van der Waals surface area contributed by atoms with Crippen molar-refractivity contribution in [3.8, 4) is 0 Å². The molecule has 85 heavy (non-hydrogen) atoms. The maximum Gasteiger partial charge on any atom is 1.00 e. The summed E-state index contributed by atoms with van der Waals surface area (Å²) in [6.45, 7) is -0.0327. The third-order valence-corrected chi connectivity index (χ3v) is 11.2. The summed E-state index contributed by atoms with van der Waals surface area (Å²) < 4.78 is 4.76. The maximum absolute atomic E-state index is 12.2. The number of amides is 6. The molecule has 0 saturated carbocycles. The summed E-state index contributed by atoms with van der Waals surface area (Å²) in [5.41, 5.74) is 2.17. The van der Waals surface area contributed by atoms with E-state index in [-0.39, 0.29) is 103 Å². The smallest absolute Gasteiger partial charge is 0.870 e. The van der Waals surface area contributed by atoms with Gasteiger partial charge in [-0.05, 0) is 18.2 Å². The third kappa shape index (κ3) is 26.6. The number of carboxylic acids is 2. The number of anilines is 3. The Morgan fingerprint density at radius 2 is 0.894 bits per heavy atom. The topological polar surface area (TPSA) is 555 Å². The zero-order valence-corrected chi connectivity index (χ0v) is 47.6. The number of guanidine groups is 3. The van der Waals surface area contributed by atoms with Gasteiger partial charge in [0.15, 0.2) is 17.9 Å². The van der Waals surface area contributed by atoms with E-state index in [1.807, 2.05) is 0 Å². The van der Waals surface area contributed by atoms with Crippen molar-refractivity contribution >= 4 is 88.3 Å². The van der Waals surface area contributed by atoms with Gasteiger partial charge in [-0.15, -0.1) is 0 Å². The number of cyclic esters (lactones) is 1. The first-order valence-corrected chi connectivity index (χ1v) is 25.3. The molecule has 1 fully saturated rings. The minimum atomic E-state index is -1.16. The number of rotatable bonds is 21. The summed E-state index contributed by atoms with van der Waals surface area (Å²) >= 11 is 0. The van der Waals surface area contributed by atoms with Crippen molar-refractivity contribution in [2.24, 2.45) is 15.0 Å². The van der Waals surface area contributed by atoms with E-state index >= 15 is 0 Å². The molecule has 7 heterocycles. The second-order valence-corrected chi connectivity index (χ2v) is 18.2. The van der Waals surface area contributed by atoms with Crippen LogP contribution in [0.5, 0.6) is 0 Å². The summed E-state index contributed by atoms with van der Waals surface area (Å²) in [5.74, 6) is -4.56. The Kier molecular flexibility index (Phi) is 30.5. The predicted octanol–water partition coefficient (Wildman–Crippen LogP) is -10.2. The van der Waals surface area contributed by atoms with Crippen LogP contribution in [0.15, 0.2) is 70.4 Å². The molecule has 6 atom stereocenters. The van der Waals surface area contributed by atoms with Crippen molar-refractivity contribution in [1.82, 2.24) is 62.8 Å². The van der Waals surface area contributed by atoms with Gasteiger partial charge in [0.2, 0.25) is 17.7 Å². The van der Waals surface area contributed by atoms with Gasteiger partial charge in [-0.25, -0.2) is 0 Å². The Bertz CT molecular complexity index is 2760. The molecule has 0 spiro atoms. The number of carbonyl (C=O) groups is 9. The third-order valence-electron chi connectivity index (χ3n) is 11.2. The number of nitrogens with one attached hydrogen (secondary N) is 12. The molecule has 6 amide bonds. The van der Waals surface area contributed by atoms with E-state index in [2.05, 4.69) is 93.7 Å². The molecule has 20 N–H and O–H groups in total. The Balaban J connectivity index is 0.000000330. The minimum Gasteiger partial charge on any atom is -0.870 e. The first kappa shape index (κ1) is 70.5. The van der Waals surface area contributed by atoms with Crippen LogP contribution >= 0.6 is 0 Å². The van der Waals surface area contributed by atoms with Crippen LogP contribution in [-0.4, -0.2) is 243 Å². The molecule has 0 radical (unpaired) electrons. The quantitative estimate of drug-likeness (QED) is 0.0348. The zero-order chi connectivity index (χ0) is 60.3. The Labute approximate surface area is 505 Å². The monoisotopic (exact) mass is 1200 g/mol. The van der Waals surface area contributed by atoms with Crippen LogP contribution in [0.4, 0.5) is 17.1 Å². The largest absolute Gasteiger partial charge is 1.00 e. The van der Waals surface area contributed by atoms with Gasteiger partial charge < -0.3 is 110 Å². The van der Waals surface area contributed by atoms with Gasteiger partial charge in [-0.2, -0.15) is 0 Å². The average molecular weight is 1210 g/mol. The number of nitrogens with zero attached hydrogens (tertiary/aromatic N) is 6.